The van der Waals surface area contributed by atoms with Crippen molar-refractivity contribution in [3.05, 3.63) is 280 Å². The van der Waals surface area contributed by atoms with Crippen molar-refractivity contribution in [2.75, 3.05) is 4.90 Å². The molecule has 1 aromatic heterocycles. The van der Waals surface area contributed by atoms with Gasteiger partial charge in [-0.05, 0) is 131 Å². The molecule has 0 unspecified atom stereocenters. The van der Waals surface area contributed by atoms with Gasteiger partial charge in [-0.15, -0.1) is 0 Å². The van der Waals surface area contributed by atoms with Crippen LogP contribution < -0.4 is 4.90 Å². The predicted molar refractivity (Wildman–Crippen MR) is 274 cm³/mol. The summed E-state index contributed by atoms with van der Waals surface area (Å²) in [7, 11) is 0. The van der Waals surface area contributed by atoms with Crippen LogP contribution in [0.5, 0.6) is 0 Å². The van der Waals surface area contributed by atoms with Gasteiger partial charge in [0.05, 0.1) is 10.8 Å². The van der Waals surface area contributed by atoms with Gasteiger partial charge < -0.3 is 9.32 Å². The molecule has 2 heteroatoms. The van der Waals surface area contributed by atoms with Crippen LogP contribution in [0, 0.1) is 0 Å². The van der Waals surface area contributed by atoms with Crippen LogP contribution in [-0.2, 0) is 16.2 Å². The molecule has 2 nitrogen and oxygen atoms in total. The summed E-state index contributed by atoms with van der Waals surface area (Å²) in [4.78, 5) is 2.47. The van der Waals surface area contributed by atoms with Gasteiger partial charge in [-0.3, -0.25) is 0 Å². The summed E-state index contributed by atoms with van der Waals surface area (Å²) < 4.78 is 6.62. The van der Waals surface area contributed by atoms with Crippen molar-refractivity contribution >= 4 is 39.0 Å². The van der Waals surface area contributed by atoms with E-state index in [1.807, 2.05) is 6.07 Å². The Kier molecular flexibility index (Phi) is 7.19. The van der Waals surface area contributed by atoms with E-state index in [0.717, 1.165) is 39.0 Å². The van der Waals surface area contributed by atoms with E-state index in [1.165, 1.54) is 89.0 Å². The monoisotopic (exact) mass is 853 g/mol. The number of benzene rings is 10. The zero-order valence-corrected chi connectivity index (χ0v) is 37.2. The summed E-state index contributed by atoms with van der Waals surface area (Å²) in [5, 5.41) is 2.25. The zero-order chi connectivity index (χ0) is 44.2. The highest BCUT2D eigenvalue weighted by molar-refractivity contribution is 6.06. The highest BCUT2D eigenvalue weighted by Crippen LogP contribution is 2.68. The number of para-hydroxylation sites is 1. The van der Waals surface area contributed by atoms with Crippen LogP contribution in [0.1, 0.15) is 69.5 Å². The fraction of sp³-hybridized carbons (Fsp3) is 0.0769. The zero-order valence-electron chi connectivity index (χ0n) is 37.2. The first-order valence-electron chi connectivity index (χ1n) is 23.6. The molecule has 4 aliphatic rings. The lowest BCUT2D eigenvalue weighted by molar-refractivity contribution is 0.633. The second kappa shape index (κ2) is 13.0. The van der Waals surface area contributed by atoms with Gasteiger partial charge >= 0.3 is 0 Å². The molecule has 10 aromatic carbocycles. The Morgan fingerprint density at radius 1 is 0.284 bits per heavy atom. The van der Waals surface area contributed by atoms with Crippen molar-refractivity contribution in [3.63, 3.8) is 0 Å². The maximum atomic E-state index is 6.62. The number of hydrogen-bond acceptors (Lipinski definition) is 2. The lowest BCUT2D eigenvalue weighted by Crippen LogP contribution is -2.43. The summed E-state index contributed by atoms with van der Waals surface area (Å²) in [6, 6.07) is 84.6. The standard InChI is InChI=1S/C65H43NO/c1-63(2)51-22-8-3-17-43(51)47-34-31-40(37-59(47)63)66(42-33-36-50-49-21-7-16-30-61(49)67-62(50)39-42)41-32-35-48-46-20-6-11-25-54(46)65(60(48)38-41)57-28-14-12-26-55(57)64(56-27-13-15-29-58(56)65)52-23-9-4-18-44(52)45-19-5-10-24-53(45)64/h3-39H,1-2H3. The van der Waals surface area contributed by atoms with Crippen molar-refractivity contribution in [1.82, 2.24) is 0 Å². The van der Waals surface area contributed by atoms with E-state index >= 15 is 0 Å². The predicted octanol–water partition coefficient (Wildman–Crippen LogP) is 16.4. The minimum Gasteiger partial charge on any atom is -0.456 e. The van der Waals surface area contributed by atoms with E-state index < -0.39 is 10.8 Å². The molecule has 15 rings (SSSR count). The van der Waals surface area contributed by atoms with Crippen molar-refractivity contribution in [2.24, 2.45) is 0 Å². The quantitative estimate of drug-likeness (QED) is 0.176. The van der Waals surface area contributed by atoms with E-state index in [4.69, 9.17) is 4.42 Å². The Labute approximate surface area is 390 Å². The topological polar surface area (TPSA) is 16.4 Å². The minimum absolute atomic E-state index is 0.164. The van der Waals surface area contributed by atoms with Gasteiger partial charge in [0.1, 0.15) is 11.2 Å². The average Bonchev–Trinajstić information content (AvgIpc) is 4.06. The number of nitrogens with zero attached hydrogens (tertiary/aromatic N) is 1. The molecule has 314 valence electrons. The van der Waals surface area contributed by atoms with Gasteiger partial charge in [-0.2, -0.15) is 0 Å². The third-order valence-corrected chi connectivity index (χ3v) is 16.2. The minimum atomic E-state index is -0.608. The molecule has 11 aromatic rings. The highest BCUT2D eigenvalue weighted by atomic mass is 16.3. The molecule has 1 heterocycles. The Balaban J connectivity index is 1.02. The molecule has 0 fully saturated rings. The smallest absolute Gasteiger partial charge is 0.137 e. The second-order valence-electron chi connectivity index (χ2n) is 19.5. The fourth-order valence-corrected chi connectivity index (χ4v) is 13.5. The molecule has 0 amide bonds. The van der Waals surface area contributed by atoms with Crippen LogP contribution in [0.25, 0.3) is 55.3 Å². The van der Waals surface area contributed by atoms with Gasteiger partial charge in [0.25, 0.3) is 0 Å². The molecule has 2 spiro atoms. The first kappa shape index (κ1) is 37.1. The van der Waals surface area contributed by atoms with E-state index in [0.29, 0.717) is 0 Å². The molecule has 0 radical (unpaired) electrons. The largest absolute Gasteiger partial charge is 0.456 e. The van der Waals surface area contributed by atoms with E-state index in [2.05, 4.69) is 237 Å². The van der Waals surface area contributed by atoms with Crippen LogP contribution in [0.3, 0.4) is 0 Å². The molecule has 0 aliphatic heterocycles. The average molecular weight is 854 g/mol. The van der Waals surface area contributed by atoms with Gasteiger partial charge in [0.15, 0.2) is 0 Å². The van der Waals surface area contributed by atoms with Gasteiger partial charge in [0, 0.05) is 39.3 Å². The molecule has 67 heavy (non-hydrogen) atoms. The second-order valence-corrected chi connectivity index (χ2v) is 19.5. The van der Waals surface area contributed by atoms with Crippen molar-refractivity contribution in [1.29, 1.82) is 0 Å². The highest BCUT2D eigenvalue weighted by Gasteiger charge is 2.59. The van der Waals surface area contributed by atoms with Crippen LogP contribution in [0.2, 0.25) is 0 Å². The normalized spacial score (nSPS) is 15.4. The van der Waals surface area contributed by atoms with E-state index in [-0.39, 0.29) is 5.41 Å². The Morgan fingerprint density at radius 2 is 0.642 bits per heavy atom. The SMILES string of the molecule is CC1(C)c2ccccc2-c2ccc(N(c3ccc4c(c3)C3(c5ccccc5-4)c4ccccc4C4(c5ccccc5-c5ccccc54)c4ccccc43)c3ccc4c(c3)oc3ccccc34)cc21. The van der Waals surface area contributed by atoms with Crippen LogP contribution in [0.4, 0.5) is 17.1 Å². The molecular weight excluding hydrogens is 811 g/mol. The Hall–Kier alpha value is -8.20. The first-order valence-corrected chi connectivity index (χ1v) is 23.6. The van der Waals surface area contributed by atoms with Crippen LogP contribution >= 0.6 is 0 Å². The summed E-state index contributed by atoms with van der Waals surface area (Å²) in [5.74, 6) is 0. The van der Waals surface area contributed by atoms with E-state index in [9.17, 15) is 0 Å². The maximum Gasteiger partial charge on any atom is 0.137 e. The molecule has 0 saturated heterocycles. The van der Waals surface area contributed by atoms with Gasteiger partial charge in [0.2, 0.25) is 0 Å². The lowest BCUT2D eigenvalue weighted by atomic mass is 9.52. The van der Waals surface area contributed by atoms with Crippen molar-refractivity contribution < 1.29 is 4.42 Å². The van der Waals surface area contributed by atoms with Crippen LogP contribution in [0.15, 0.2) is 229 Å². The van der Waals surface area contributed by atoms with E-state index in [1.54, 1.807) is 0 Å². The molecule has 0 atom stereocenters. The summed E-state index contributed by atoms with van der Waals surface area (Å²) in [6.07, 6.45) is 0. The van der Waals surface area contributed by atoms with Crippen LogP contribution in [-0.4, -0.2) is 0 Å². The third-order valence-electron chi connectivity index (χ3n) is 16.2. The molecule has 0 saturated carbocycles. The molecule has 0 bridgehead atoms. The fourth-order valence-electron chi connectivity index (χ4n) is 13.5. The summed E-state index contributed by atoms with van der Waals surface area (Å²) in [5.41, 5.74) is 24.9. The maximum absolute atomic E-state index is 6.62. The van der Waals surface area contributed by atoms with Gasteiger partial charge in [-0.1, -0.05) is 190 Å². The van der Waals surface area contributed by atoms with Gasteiger partial charge in [-0.25, -0.2) is 0 Å². The molecule has 4 aliphatic carbocycles. The Morgan fingerprint density at radius 3 is 1.19 bits per heavy atom. The summed E-state index contributed by atoms with van der Waals surface area (Å²) >= 11 is 0. The number of rotatable bonds is 3. The third kappa shape index (κ3) is 4.51. The Bertz CT molecular complexity index is 3840. The first-order chi connectivity index (χ1) is 33.0. The number of hydrogen-bond donors (Lipinski definition) is 0. The summed E-state index contributed by atoms with van der Waals surface area (Å²) in [6.45, 7) is 4.74. The number of furan rings is 1. The number of anilines is 3. The van der Waals surface area contributed by atoms with Crippen molar-refractivity contribution in [2.45, 2.75) is 30.1 Å². The lowest BCUT2D eigenvalue weighted by Gasteiger charge is -2.49. The molecule has 0 N–H and O–H groups in total. The number of fused-ring (bicyclic) bond motifs is 22. The van der Waals surface area contributed by atoms with Crippen molar-refractivity contribution in [3.8, 4) is 33.4 Å². The molecular formula is C65H43NO.